The maximum absolute atomic E-state index is 12.8. The van der Waals surface area contributed by atoms with Gasteiger partial charge in [-0.2, -0.15) is 13.2 Å². The molecule has 2 aromatic rings. The van der Waals surface area contributed by atoms with Crippen molar-refractivity contribution >= 4 is 41.0 Å². The van der Waals surface area contributed by atoms with E-state index in [2.05, 4.69) is 5.32 Å². The van der Waals surface area contributed by atoms with Crippen LogP contribution in [0.2, 0.25) is 0 Å². The summed E-state index contributed by atoms with van der Waals surface area (Å²) in [6.07, 6.45) is 0. The molecule has 1 atom stereocenters. The van der Waals surface area contributed by atoms with Crippen molar-refractivity contribution in [1.29, 1.82) is 0 Å². The van der Waals surface area contributed by atoms with Gasteiger partial charge in [-0.1, -0.05) is 0 Å². The summed E-state index contributed by atoms with van der Waals surface area (Å²) in [6, 6.07) is 11.3. The van der Waals surface area contributed by atoms with Crippen LogP contribution >= 0.6 is 23.5 Å². The zero-order valence-electron chi connectivity index (χ0n) is 15.2. The van der Waals surface area contributed by atoms with E-state index >= 15 is 0 Å². The van der Waals surface area contributed by atoms with Crippen molar-refractivity contribution in [3.63, 3.8) is 0 Å². The van der Waals surface area contributed by atoms with Gasteiger partial charge in [0.15, 0.2) is 0 Å². The zero-order valence-corrected chi connectivity index (χ0v) is 16.9. The summed E-state index contributed by atoms with van der Waals surface area (Å²) in [6.45, 7) is 0. The molecule has 0 spiro atoms. The molecule has 1 fully saturated rings. The Morgan fingerprint density at radius 1 is 1.14 bits per heavy atom. The van der Waals surface area contributed by atoms with Gasteiger partial charge >= 0.3 is 5.51 Å². The normalized spacial score (nSPS) is 16.6. The van der Waals surface area contributed by atoms with Crippen molar-refractivity contribution in [2.45, 2.75) is 16.4 Å². The SMILES string of the molecule is COc1ccc(NC(=O)C2CSCN2C(=O)c2ccc(SC(F)(F)F)cc2)cc1. The van der Waals surface area contributed by atoms with Crippen molar-refractivity contribution in [2.24, 2.45) is 0 Å². The Labute approximate surface area is 174 Å². The molecule has 1 heterocycles. The molecule has 0 saturated carbocycles. The van der Waals surface area contributed by atoms with Crippen LogP contribution in [-0.2, 0) is 4.79 Å². The Morgan fingerprint density at radius 3 is 2.38 bits per heavy atom. The molecule has 10 heteroatoms. The minimum Gasteiger partial charge on any atom is -0.497 e. The number of benzene rings is 2. The fourth-order valence-corrected chi connectivity index (χ4v) is 4.42. The monoisotopic (exact) mass is 442 g/mol. The summed E-state index contributed by atoms with van der Waals surface area (Å²) in [5, 5.41) is 2.78. The van der Waals surface area contributed by atoms with E-state index in [-0.39, 0.29) is 28.1 Å². The first kappa shape index (κ1) is 21.4. The predicted octanol–water partition coefficient (Wildman–Crippen LogP) is 4.46. The largest absolute Gasteiger partial charge is 0.497 e. The molecular formula is C19H17F3N2O3S2. The number of anilines is 1. The van der Waals surface area contributed by atoms with E-state index in [0.29, 0.717) is 23.1 Å². The predicted molar refractivity (Wildman–Crippen MR) is 107 cm³/mol. The minimum absolute atomic E-state index is 0.00125. The Morgan fingerprint density at radius 2 is 1.79 bits per heavy atom. The van der Waals surface area contributed by atoms with Crippen LogP contribution in [-0.4, -0.2) is 47.0 Å². The van der Waals surface area contributed by atoms with Crippen LogP contribution in [0.4, 0.5) is 18.9 Å². The number of nitrogens with one attached hydrogen (secondary N) is 1. The number of thioether (sulfide) groups is 2. The fraction of sp³-hybridized carbons (Fsp3) is 0.263. The number of rotatable bonds is 5. The van der Waals surface area contributed by atoms with E-state index in [1.54, 1.807) is 31.4 Å². The third-order valence-corrected chi connectivity index (χ3v) is 5.89. The quantitative estimate of drug-likeness (QED) is 0.693. The Balaban J connectivity index is 1.67. The first-order chi connectivity index (χ1) is 13.8. The van der Waals surface area contributed by atoms with Gasteiger partial charge in [0, 0.05) is 21.9 Å². The molecule has 154 valence electrons. The molecule has 3 rings (SSSR count). The molecule has 0 bridgehead atoms. The summed E-state index contributed by atoms with van der Waals surface area (Å²) < 4.78 is 42.4. The van der Waals surface area contributed by atoms with Gasteiger partial charge in [-0.05, 0) is 60.3 Å². The lowest BCUT2D eigenvalue weighted by molar-refractivity contribution is -0.119. The average Bonchev–Trinajstić information content (AvgIpc) is 3.17. The molecule has 1 aliphatic heterocycles. The summed E-state index contributed by atoms with van der Waals surface area (Å²) in [5.41, 5.74) is -3.57. The van der Waals surface area contributed by atoms with Crippen molar-refractivity contribution in [3.8, 4) is 5.75 Å². The second-order valence-electron chi connectivity index (χ2n) is 6.08. The number of carbonyl (C=O) groups excluding carboxylic acids is 2. The van der Waals surface area contributed by atoms with Crippen molar-refractivity contribution in [3.05, 3.63) is 54.1 Å². The Bertz CT molecular complexity index is 874. The second kappa shape index (κ2) is 9.00. The van der Waals surface area contributed by atoms with Crippen LogP contribution in [0.15, 0.2) is 53.4 Å². The molecule has 5 nitrogen and oxygen atoms in total. The number of nitrogens with zero attached hydrogens (tertiary/aromatic N) is 1. The lowest BCUT2D eigenvalue weighted by atomic mass is 10.1. The number of methoxy groups -OCH3 is 1. The highest BCUT2D eigenvalue weighted by Crippen LogP contribution is 2.37. The summed E-state index contributed by atoms with van der Waals surface area (Å²) in [7, 11) is 1.54. The number of alkyl halides is 3. The van der Waals surface area contributed by atoms with E-state index in [0.717, 1.165) is 0 Å². The highest BCUT2D eigenvalue weighted by molar-refractivity contribution is 8.00. The van der Waals surface area contributed by atoms with Crippen LogP contribution in [0.25, 0.3) is 0 Å². The first-order valence-corrected chi connectivity index (χ1v) is 10.4. The maximum atomic E-state index is 12.8. The van der Waals surface area contributed by atoms with E-state index in [4.69, 9.17) is 4.74 Å². The van der Waals surface area contributed by atoms with Gasteiger partial charge in [0.2, 0.25) is 5.91 Å². The third kappa shape index (κ3) is 5.60. The number of ether oxygens (including phenoxy) is 1. The summed E-state index contributed by atoms with van der Waals surface area (Å²) in [4.78, 5) is 26.9. The number of halogens is 3. The Hall–Kier alpha value is -2.33. The molecular weight excluding hydrogens is 425 g/mol. The van der Waals surface area contributed by atoms with Gasteiger partial charge in [-0.25, -0.2) is 0 Å². The topological polar surface area (TPSA) is 58.6 Å². The number of amides is 2. The second-order valence-corrected chi connectivity index (χ2v) is 8.22. The van der Waals surface area contributed by atoms with E-state index in [1.165, 1.54) is 40.9 Å². The average molecular weight is 442 g/mol. The smallest absolute Gasteiger partial charge is 0.446 e. The summed E-state index contributed by atoms with van der Waals surface area (Å²) in [5.74, 6) is 0.712. The molecule has 1 saturated heterocycles. The molecule has 0 aromatic heterocycles. The van der Waals surface area contributed by atoms with Gasteiger partial charge in [0.05, 0.1) is 13.0 Å². The standard InChI is InChI=1S/C19H17F3N2O3S2/c1-27-14-6-4-13(5-7-14)23-17(25)16-10-28-11-24(16)18(26)12-2-8-15(9-3-12)29-19(20,21)22/h2-9,16H,10-11H2,1H3,(H,23,25). The zero-order chi connectivity index (χ0) is 21.0. The molecule has 29 heavy (non-hydrogen) atoms. The minimum atomic E-state index is -4.39. The number of hydrogen-bond acceptors (Lipinski definition) is 5. The lowest BCUT2D eigenvalue weighted by Gasteiger charge is -2.23. The van der Waals surface area contributed by atoms with Crippen LogP contribution in [0.1, 0.15) is 10.4 Å². The summed E-state index contributed by atoms with van der Waals surface area (Å²) >= 11 is 1.20. The molecule has 1 unspecified atom stereocenters. The highest BCUT2D eigenvalue weighted by atomic mass is 32.2. The van der Waals surface area contributed by atoms with Crippen molar-refractivity contribution in [2.75, 3.05) is 24.1 Å². The van der Waals surface area contributed by atoms with E-state index < -0.39 is 17.5 Å². The molecule has 2 aromatic carbocycles. The molecule has 0 aliphatic carbocycles. The van der Waals surface area contributed by atoms with E-state index in [9.17, 15) is 22.8 Å². The molecule has 0 radical (unpaired) electrons. The molecule has 1 aliphatic rings. The Kier molecular flexibility index (Phi) is 6.63. The third-order valence-electron chi connectivity index (χ3n) is 4.14. The molecule has 1 N–H and O–H groups in total. The van der Waals surface area contributed by atoms with Crippen molar-refractivity contribution in [1.82, 2.24) is 4.90 Å². The lowest BCUT2D eigenvalue weighted by Crippen LogP contribution is -2.44. The van der Waals surface area contributed by atoms with Gasteiger partial charge in [0.25, 0.3) is 5.91 Å². The van der Waals surface area contributed by atoms with Crippen LogP contribution in [0.5, 0.6) is 5.75 Å². The number of hydrogen-bond donors (Lipinski definition) is 1. The van der Waals surface area contributed by atoms with Crippen LogP contribution in [0.3, 0.4) is 0 Å². The highest BCUT2D eigenvalue weighted by Gasteiger charge is 2.35. The van der Waals surface area contributed by atoms with Crippen molar-refractivity contribution < 1.29 is 27.5 Å². The van der Waals surface area contributed by atoms with Gasteiger partial charge in [0.1, 0.15) is 11.8 Å². The van der Waals surface area contributed by atoms with Crippen LogP contribution in [0, 0.1) is 0 Å². The van der Waals surface area contributed by atoms with Gasteiger partial charge in [-0.15, -0.1) is 11.8 Å². The number of carbonyl (C=O) groups is 2. The van der Waals surface area contributed by atoms with E-state index in [1.807, 2.05) is 0 Å². The maximum Gasteiger partial charge on any atom is 0.446 e. The van der Waals surface area contributed by atoms with Gasteiger partial charge < -0.3 is 15.0 Å². The van der Waals surface area contributed by atoms with Gasteiger partial charge in [-0.3, -0.25) is 9.59 Å². The molecule has 2 amide bonds. The first-order valence-electron chi connectivity index (χ1n) is 8.46. The van der Waals surface area contributed by atoms with Crippen LogP contribution < -0.4 is 10.1 Å². The fourth-order valence-electron chi connectivity index (χ4n) is 2.72.